The Morgan fingerprint density at radius 1 is 1.21 bits per heavy atom. The molecule has 0 bridgehead atoms. The summed E-state index contributed by atoms with van der Waals surface area (Å²) in [6, 6.07) is 7.39. The molecule has 0 aromatic carbocycles. The van der Waals surface area contributed by atoms with Crippen molar-refractivity contribution in [2.75, 3.05) is 11.2 Å². The molecule has 0 N–H and O–H groups in total. The second-order valence-corrected chi connectivity index (χ2v) is 7.96. The molecule has 3 aromatic rings. The molecule has 7 nitrogen and oxygen atoms in total. The number of aryl methyl sites for hydroxylation is 1. The number of thioether (sulfide) groups is 1. The maximum absolute atomic E-state index is 12.9. The predicted molar refractivity (Wildman–Crippen MR) is 110 cm³/mol. The minimum atomic E-state index is -0.123. The number of aromatic nitrogens is 5. The van der Waals surface area contributed by atoms with Crippen LogP contribution in [0.15, 0.2) is 29.4 Å². The first-order chi connectivity index (χ1) is 13.4. The molecular weight excluding hydrogens is 396 g/mol. The van der Waals surface area contributed by atoms with Gasteiger partial charge in [-0.3, -0.25) is 14.3 Å². The molecule has 28 heavy (non-hydrogen) atoms. The first-order valence-corrected chi connectivity index (χ1v) is 10.4. The van der Waals surface area contributed by atoms with Crippen molar-refractivity contribution >= 4 is 35.1 Å². The van der Waals surface area contributed by atoms with Crippen molar-refractivity contribution in [1.82, 2.24) is 24.7 Å². The molecule has 9 heteroatoms. The van der Waals surface area contributed by atoms with Crippen molar-refractivity contribution in [3.63, 3.8) is 0 Å². The molecule has 0 saturated carbocycles. The maximum Gasteiger partial charge on any atom is 0.260 e. The monoisotopic (exact) mass is 414 g/mol. The Kier molecular flexibility index (Phi) is 4.84. The highest BCUT2D eigenvalue weighted by Gasteiger charge is 2.32. The SMILES string of the molecule is CSc1nnc(-c2cccc(N3Cc4c(cc(Cl)nc4C)C3=O)n2)n1C(C)C. The molecule has 0 radical (unpaired) electrons. The van der Waals surface area contributed by atoms with E-state index >= 15 is 0 Å². The van der Waals surface area contributed by atoms with E-state index in [0.717, 1.165) is 16.4 Å². The fourth-order valence-electron chi connectivity index (χ4n) is 3.37. The highest BCUT2D eigenvalue weighted by atomic mass is 35.5. The number of rotatable bonds is 4. The maximum atomic E-state index is 12.9. The Morgan fingerprint density at radius 3 is 2.71 bits per heavy atom. The summed E-state index contributed by atoms with van der Waals surface area (Å²) in [5, 5.41) is 9.74. The zero-order valence-corrected chi connectivity index (χ0v) is 17.5. The van der Waals surface area contributed by atoms with Gasteiger partial charge < -0.3 is 0 Å². The van der Waals surface area contributed by atoms with Crippen molar-refractivity contribution in [3.8, 4) is 11.5 Å². The second-order valence-electron chi connectivity index (χ2n) is 6.80. The molecule has 1 amide bonds. The van der Waals surface area contributed by atoms with E-state index in [2.05, 4.69) is 29.0 Å². The Bertz CT molecular complexity index is 1080. The quantitative estimate of drug-likeness (QED) is 0.471. The van der Waals surface area contributed by atoms with E-state index in [-0.39, 0.29) is 11.9 Å². The van der Waals surface area contributed by atoms with Crippen LogP contribution in [0, 0.1) is 6.92 Å². The molecule has 3 aromatic heterocycles. The summed E-state index contributed by atoms with van der Waals surface area (Å²) in [7, 11) is 0. The molecule has 0 spiro atoms. The minimum absolute atomic E-state index is 0.123. The van der Waals surface area contributed by atoms with Crippen molar-refractivity contribution < 1.29 is 4.79 Å². The summed E-state index contributed by atoms with van der Waals surface area (Å²) in [4.78, 5) is 23.6. The van der Waals surface area contributed by atoms with Gasteiger partial charge in [-0.05, 0) is 45.2 Å². The number of pyridine rings is 2. The highest BCUT2D eigenvalue weighted by Crippen LogP contribution is 2.32. The predicted octanol–water partition coefficient (Wildman–Crippen LogP) is 4.16. The summed E-state index contributed by atoms with van der Waals surface area (Å²) in [6.07, 6.45) is 1.97. The van der Waals surface area contributed by atoms with Crippen LogP contribution >= 0.6 is 23.4 Å². The van der Waals surface area contributed by atoms with Crippen molar-refractivity contribution in [2.45, 2.75) is 38.5 Å². The van der Waals surface area contributed by atoms with Gasteiger partial charge in [-0.1, -0.05) is 29.4 Å². The number of carbonyl (C=O) groups excluding carboxylic acids is 1. The van der Waals surface area contributed by atoms with Crippen molar-refractivity contribution in [1.29, 1.82) is 0 Å². The molecular formula is C19H19ClN6OS. The number of fused-ring (bicyclic) bond motifs is 1. The second kappa shape index (κ2) is 7.18. The Morgan fingerprint density at radius 2 is 2.00 bits per heavy atom. The normalized spacial score (nSPS) is 13.5. The van der Waals surface area contributed by atoms with Crippen LogP contribution in [-0.4, -0.2) is 36.9 Å². The Hall–Kier alpha value is -2.45. The lowest BCUT2D eigenvalue weighted by Crippen LogP contribution is -2.24. The fraction of sp³-hybridized carbons (Fsp3) is 0.316. The fourth-order valence-corrected chi connectivity index (χ4v) is 4.22. The largest absolute Gasteiger partial charge is 0.298 e. The number of anilines is 1. The Labute approximate surface area is 172 Å². The first kappa shape index (κ1) is 18.9. The molecule has 0 unspecified atom stereocenters. The highest BCUT2D eigenvalue weighted by molar-refractivity contribution is 7.98. The average Bonchev–Trinajstić information content (AvgIpc) is 3.24. The number of carbonyl (C=O) groups is 1. The van der Waals surface area contributed by atoms with E-state index in [1.807, 2.05) is 35.9 Å². The third-order valence-corrected chi connectivity index (χ3v) is 5.53. The first-order valence-electron chi connectivity index (χ1n) is 8.85. The van der Waals surface area contributed by atoms with Crippen molar-refractivity contribution in [2.24, 2.45) is 0 Å². The number of amides is 1. The van der Waals surface area contributed by atoms with Crippen LogP contribution in [-0.2, 0) is 6.54 Å². The van der Waals surface area contributed by atoms with Gasteiger partial charge in [0.05, 0.1) is 6.54 Å². The van der Waals surface area contributed by atoms with Crippen LogP contribution in [0.4, 0.5) is 5.82 Å². The van der Waals surface area contributed by atoms with Gasteiger partial charge in [0.25, 0.3) is 5.91 Å². The molecule has 0 atom stereocenters. The standard InChI is InChI=1S/C19H19ClN6OS/c1-10(2)26-17(23-24-19(26)28-4)14-6-5-7-16(22-14)25-9-13-11(3)21-15(20)8-12(13)18(25)27/h5-8,10H,9H2,1-4H3. The molecule has 4 rings (SSSR count). The number of halogens is 1. The smallest absolute Gasteiger partial charge is 0.260 e. The lowest BCUT2D eigenvalue weighted by Gasteiger charge is -2.16. The lowest BCUT2D eigenvalue weighted by atomic mass is 10.1. The molecule has 144 valence electrons. The molecule has 0 aliphatic carbocycles. The molecule has 0 fully saturated rings. The minimum Gasteiger partial charge on any atom is -0.298 e. The van der Waals surface area contributed by atoms with E-state index in [4.69, 9.17) is 16.6 Å². The molecule has 1 aliphatic rings. The van der Waals surface area contributed by atoms with Crippen LogP contribution in [0.2, 0.25) is 5.15 Å². The summed E-state index contributed by atoms with van der Waals surface area (Å²) in [5.74, 6) is 1.13. The number of hydrogen-bond donors (Lipinski definition) is 0. The third kappa shape index (κ3) is 3.06. The lowest BCUT2D eigenvalue weighted by molar-refractivity contribution is 0.0996. The number of hydrogen-bond acceptors (Lipinski definition) is 6. The topological polar surface area (TPSA) is 76.8 Å². The van der Waals surface area contributed by atoms with Gasteiger partial charge in [0.15, 0.2) is 11.0 Å². The van der Waals surface area contributed by atoms with Crippen LogP contribution in [0.3, 0.4) is 0 Å². The van der Waals surface area contributed by atoms with E-state index in [1.54, 1.807) is 22.7 Å². The van der Waals surface area contributed by atoms with Gasteiger partial charge in [-0.2, -0.15) is 0 Å². The van der Waals surface area contributed by atoms with Crippen LogP contribution < -0.4 is 4.90 Å². The van der Waals surface area contributed by atoms with Crippen LogP contribution in [0.5, 0.6) is 0 Å². The molecule has 0 saturated heterocycles. The molecule has 1 aliphatic heterocycles. The van der Waals surface area contributed by atoms with Gasteiger partial charge in [-0.25, -0.2) is 9.97 Å². The average molecular weight is 415 g/mol. The van der Waals surface area contributed by atoms with E-state index in [1.165, 1.54) is 0 Å². The van der Waals surface area contributed by atoms with Gasteiger partial charge in [0.1, 0.15) is 16.7 Å². The number of nitrogens with zero attached hydrogens (tertiary/aromatic N) is 6. The van der Waals surface area contributed by atoms with Gasteiger partial charge in [0, 0.05) is 22.9 Å². The van der Waals surface area contributed by atoms with Crippen LogP contribution in [0.25, 0.3) is 11.5 Å². The zero-order valence-electron chi connectivity index (χ0n) is 16.0. The Balaban J connectivity index is 1.75. The van der Waals surface area contributed by atoms with Gasteiger partial charge in [-0.15, -0.1) is 10.2 Å². The summed E-state index contributed by atoms with van der Waals surface area (Å²) in [5.41, 5.74) is 2.91. The summed E-state index contributed by atoms with van der Waals surface area (Å²) < 4.78 is 2.05. The van der Waals surface area contributed by atoms with Gasteiger partial charge >= 0.3 is 0 Å². The summed E-state index contributed by atoms with van der Waals surface area (Å²) >= 11 is 7.58. The van der Waals surface area contributed by atoms with Gasteiger partial charge in [0.2, 0.25) is 0 Å². The van der Waals surface area contributed by atoms with E-state index in [9.17, 15) is 4.79 Å². The summed E-state index contributed by atoms with van der Waals surface area (Å²) in [6.45, 7) is 6.45. The van der Waals surface area contributed by atoms with E-state index in [0.29, 0.717) is 34.6 Å². The zero-order chi connectivity index (χ0) is 20.0. The third-order valence-electron chi connectivity index (χ3n) is 4.70. The van der Waals surface area contributed by atoms with E-state index < -0.39 is 0 Å². The van der Waals surface area contributed by atoms with Crippen molar-refractivity contribution in [3.05, 3.63) is 46.2 Å². The molecule has 4 heterocycles. The van der Waals surface area contributed by atoms with Crippen LogP contribution in [0.1, 0.15) is 41.5 Å².